The van der Waals surface area contributed by atoms with Crippen LogP contribution in [0.2, 0.25) is 5.15 Å². The molecule has 2 N–H and O–H groups in total. The van der Waals surface area contributed by atoms with Crippen molar-refractivity contribution >= 4 is 51.2 Å². The molecule has 0 bridgehead atoms. The maximum Gasteiger partial charge on any atom is 0.259 e. The molecule has 2 amide bonds. The minimum absolute atomic E-state index is 0.0645. The molecule has 0 aromatic carbocycles. The number of nitrogens with zero attached hydrogens (tertiary/aromatic N) is 2. The first-order chi connectivity index (χ1) is 12.0. The largest absolute Gasteiger partial charge is 0.351 e. The molecular weight excluding hydrogens is 380 g/mol. The zero-order chi connectivity index (χ0) is 17.8. The van der Waals surface area contributed by atoms with Crippen LogP contribution in [0.4, 0.5) is 5.13 Å². The highest BCUT2D eigenvalue weighted by Crippen LogP contribution is 2.31. The average molecular weight is 393 g/mol. The number of aromatic nitrogens is 2. The number of rotatable bonds is 5. The van der Waals surface area contributed by atoms with Gasteiger partial charge in [0.1, 0.15) is 5.15 Å². The minimum Gasteiger partial charge on any atom is -0.351 e. The number of hydrogen-bond acceptors (Lipinski definition) is 6. The Morgan fingerprint density at radius 1 is 1.24 bits per heavy atom. The standard InChI is InChI=1S/C16H13ClN4O2S2/c1-9(22)18-7-11-3-4-13(25-11)12-8-24-16(20-12)21-15(23)10-2-5-14(17)19-6-10/h2-6,8H,7H2,1H3,(H,18,22)(H,20,21,23). The van der Waals surface area contributed by atoms with Gasteiger partial charge >= 0.3 is 0 Å². The Hall–Kier alpha value is -2.29. The van der Waals surface area contributed by atoms with Crippen LogP contribution >= 0.6 is 34.3 Å². The van der Waals surface area contributed by atoms with Gasteiger partial charge in [-0.2, -0.15) is 0 Å². The van der Waals surface area contributed by atoms with E-state index in [4.69, 9.17) is 11.6 Å². The summed E-state index contributed by atoms with van der Waals surface area (Å²) in [5.41, 5.74) is 1.20. The molecule has 3 aromatic heterocycles. The van der Waals surface area contributed by atoms with E-state index in [9.17, 15) is 9.59 Å². The highest BCUT2D eigenvalue weighted by atomic mass is 35.5. The summed E-state index contributed by atoms with van der Waals surface area (Å²) in [5, 5.41) is 8.23. The lowest BCUT2D eigenvalue weighted by Crippen LogP contribution is -2.17. The van der Waals surface area contributed by atoms with Crippen LogP contribution in [0.1, 0.15) is 22.2 Å². The van der Waals surface area contributed by atoms with E-state index in [1.165, 1.54) is 24.5 Å². The van der Waals surface area contributed by atoms with E-state index in [0.717, 1.165) is 15.4 Å². The quantitative estimate of drug-likeness (QED) is 0.646. The van der Waals surface area contributed by atoms with Gasteiger partial charge in [0.05, 0.1) is 22.7 Å². The average Bonchev–Trinajstić information content (AvgIpc) is 3.22. The normalized spacial score (nSPS) is 10.5. The van der Waals surface area contributed by atoms with Gasteiger partial charge in [0.25, 0.3) is 5.91 Å². The second-order valence-electron chi connectivity index (χ2n) is 5.04. The molecule has 6 nitrogen and oxygen atoms in total. The maximum absolute atomic E-state index is 12.2. The van der Waals surface area contributed by atoms with Crippen molar-refractivity contribution in [2.75, 3.05) is 5.32 Å². The molecule has 3 aromatic rings. The molecule has 0 unspecified atom stereocenters. The minimum atomic E-state index is -0.289. The number of carbonyl (C=O) groups excluding carboxylic acids is 2. The number of anilines is 1. The van der Waals surface area contributed by atoms with Gasteiger partial charge in [-0.3, -0.25) is 14.9 Å². The van der Waals surface area contributed by atoms with Gasteiger partial charge in [-0.05, 0) is 24.3 Å². The molecular formula is C16H13ClN4O2S2. The molecule has 0 fully saturated rings. The molecule has 0 aliphatic heterocycles. The van der Waals surface area contributed by atoms with Crippen LogP contribution in [0.3, 0.4) is 0 Å². The molecule has 0 spiro atoms. The highest BCUT2D eigenvalue weighted by Gasteiger charge is 2.12. The summed E-state index contributed by atoms with van der Waals surface area (Å²) in [4.78, 5) is 33.5. The fourth-order valence-electron chi connectivity index (χ4n) is 1.95. The Morgan fingerprint density at radius 3 is 2.80 bits per heavy atom. The van der Waals surface area contributed by atoms with Crippen LogP contribution in [-0.4, -0.2) is 21.8 Å². The van der Waals surface area contributed by atoms with E-state index in [1.54, 1.807) is 23.5 Å². The van der Waals surface area contributed by atoms with Crippen molar-refractivity contribution < 1.29 is 9.59 Å². The van der Waals surface area contributed by atoms with E-state index < -0.39 is 0 Å². The fraction of sp³-hybridized carbons (Fsp3) is 0.125. The molecule has 0 saturated carbocycles. The Kier molecular flexibility index (Phi) is 5.42. The number of halogens is 1. The molecule has 25 heavy (non-hydrogen) atoms. The van der Waals surface area contributed by atoms with Crippen LogP contribution in [0.5, 0.6) is 0 Å². The SMILES string of the molecule is CC(=O)NCc1ccc(-c2csc(NC(=O)c3ccc(Cl)nc3)n2)s1. The van der Waals surface area contributed by atoms with Crippen molar-refractivity contribution in [1.29, 1.82) is 0 Å². The van der Waals surface area contributed by atoms with E-state index in [0.29, 0.717) is 22.4 Å². The molecule has 0 aliphatic carbocycles. The van der Waals surface area contributed by atoms with Gasteiger partial charge in [0.2, 0.25) is 5.91 Å². The molecule has 0 atom stereocenters. The molecule has 128 valence electrons. The Labute approximate surface area is 156 Å². The number of hydrogen-bond donors (Lipinski definition) is 2. The van der Waals surface area contributed by atoms with Crippen molar-refractivity contribution in [2.24, 2.45) is 0 Å². The zero-order valence-corrected chi connectivity index (χ0v) is 15.5. The van der Waals surface area contributed by atoms with Gasteiger partial charge in [-0.25, -0.2) is 9.97 Å². The van der Waals surface area contributed by atoms with Gasteiger partial charge in [0, 0.05) is 23.4 Å². The van der Waals surface area contributed by atoms with Crippen LogP contribution in [-0.2, 0) is 11.3 Å². The number of amides is 2. The third kappa shape index (κ3) is 4.62. The van der Waals surface area contributed by atoms with Crippen LogP contribution in [0.25, 0.3) is 10.6 Å². The third-order valence-corrected chi connectivity index (χ3v) is 5.23. The van der Waals surface area contributed by atoms with E-state index >= 15 is 0 Å². The maximum atomic E-state index is 12.2. The summed E-state index contributed by atoms with van der Waals surface area (Å²) in [7, 11) is 0. The summed E-state index contributed by atoms with van der Waals surface area (Å²) in [6.45, 7) is 1.98. The Morgan fingerprint density at radius 2 is 2.08 bits per heavy atom. The summed E-state index contributed by atoms with van der Waals surface area (Å²) in [6, 6.07) is 7.07. The van der Waals surface area contributed by atoms with E-state index in [1.807, 2.05) is 17.5 Å². The first kappa shape index (κ1) is 17.5. The van der Waals surface area contributed by atoms with Crippen LogP contribution in [0, 0.1) is 0 Å². The van der Waals surface area contributed by atoms with Crippen LogP contribution < -0.4 is 10.6 Å². The summed E-state index contributed by atoms with van der Waals surface area (Å²) < 4.78 is 0. The van der Waals surface area contributed by atoms with E-state index in [-0.39, 0.29) is 11.8 Å². The van der Waals surface area contributed by atoms with Gasteiger partial charge in [0.15, 0.2) is 5.13 Å². The van der Waals surface area contributed by atoms with Gasteiger partial charge in [-0.1, -0.05) is 11.6 Å². The van der Waals surface area contributed by atoms with Crippen molar-refractivity contribution in [3.05, 3.63) is 51.4 Å². The van der Waals surface area contributed by atoms with Crippen molar-refractivity contribution in [1.82, 2.24) is 15.3 Å². The predicted octanol–water partition coefficient (Wildman–Crippen LogP) is 3.81. The van der Waals surface area contributed by atoms with Crippen LogP contribution in [0.15, 0.2) is 35.8 Å². The van der Waals surface area contributed by atoms with E-state index in [2.05, 4.69) is 20.6 Å². The summed E-state index contributed by atoms with van der Waals surface area (Å²) in [6.07, 6.45) is 1.42. The number of thiophene rings is 1. The number of pyridine rings is 1. The third-order valence-electron chi connectivity index (χ3n) is 3.14. The summed E-state index contributed by atoms with van der Waals surface area (Å²) >= 11 is 8.61. The number of carbonyl (C=O) groups is 2. The Balaban J connectivity index is 1.67. The number of nitrogens with one attached hydrogen (secondary N) is 2. The van der Waals surface area contributed by atoms with Crippen molar-refractivity contribution in [3.8, 4) is 10.6 Å². The molecule has 0 aliphatic rings. The second kappa shape index (κ2) is 7.73. The van der Waals surface area contributed by atoms with Gasteiger partial charge < -0.3 is 5.32 Å². The van der Waals surface area contributed by atoms with Crippen molar-refractivity contribution in [2.45, 2.75) is 13.5 Å². The molecule has 0 saturated heterocycles. The van der Waals surface area contributed by atoms with Gasteiger partial charge in [-0.15, -0.1) is 22.7 Å². The first-order valence-electron chi connectivity index (χ1n) is 7.23. The number of thiazole rings is 1. The molecule has 0 radical (unpaired) electrons. The second-order valence-corrected chi connectivity index (χ2v) is 7.45. The van der Waals surface area contributed by atoms with Crippen molar-refractivity contribution in [3.63, 3.8) is 0 Å². The fourth-order valence-corrected chi connectivity index (χ4v) is 3.75. The molecule has 3 rings (SSSR count). The predicted molar refractivity (Wildman–Crippen MR) is 100 cm³/mol. The lowest BCUT2D eigenvalue weighted by molar-refractivity contribution is -0.119. The monoisotopic (exact) mass is 392 g/mol. The first-order valence-corrected chi connectivity index (χ1v) is 9.30. The highest BCUT2D eigenvalue weighted by molar-refractivity contribution is 7.17. The zero-order valence-electron chi connectivity index (χ0n) is 13.1. The lowest BCUT2D eigenvalue weighted by Gasteiger charge is -2.00. The smallest absolute Gasteiger partial charge is 0.259 e. The molecule has 3 heterocycles. The Bertz CT molecular complexity index is 905. The topological polar surface area (TPSA) is 84.0 Å². The molecule has 9 heteroatoms. The lowest BCUT2D eigenvalue weighted by atomic mass is 10.3. The summed E-state index contributed by atoms with van der Waals surface area (Å²) in [5.74, 6) is -0.354.